The highest BCUT2D eigenvalue weighted by Crippen LogP contribution is 2.27. The van der Waals surface area contributed by atoms with Crippen LogP contribution in [0.15, 0.2) is 18.2 Å². The van der Waals surface area contributed by atoms with E-state index in [1.807, 2.05) is 25.1 Å². The first-order chi connectivity index (χ1) is 8.81. The summed E-state index contributed by atoms with van der Waals surface area (Å²) in [5.41, 5.74) is 1.27. The van der Waals surface area contributed by atoms with E-state index in [9.17, 15) is 0 Å². The van der Waals surface area contributed by atoms with E-state index in [1.54, 1.807) is 0 Å². The number of nitrogens with one attached hydrogen (secondary N) is 1. The van der Waals surface area contributed by atoms with Gasteiger partial charge in [0.25, 0.3) is 0 Å². The molecule has 1 aromatic carbocycles. The molecule has 1 atom stereocenters. The lowest BCUT2D eigenvalue weighted by Crippen LogP contribution is -2.42. The van der Waals surface area contributed by atoms with Crippen molar-refractivity contribution in [1.82, 2.24) is 5.32 Å². The number of hydrogen-bond donors (Lipinski definition) is 1. The van der Waals surface area contributed by atoms with E-state index in [-0.39, 0.29) is 11.6 Å². The van der Waals surface area contributed by atoms with E-state index < -0.39 is 0 Å². The Hall–Kier alpha value is -0.730. The molecule has 0 aromatic heterocycles. The summed E-state index contributed by atoms with van der Waals surface area (Å²) < 4.78 is 6.07. The molecule has 3 heteroatoms. The molecule has 0 aliphatic rings. The fourth-order valence-electron chi connectivity index (χ4n) is 1.83. The van der Waals surface area contributed by atoms with Crippen molar-refractivity contribution in [3.63, 3.8) is 0 Å². The third-order valence-electron chi connectivity index (χ3n) is 2.85. The maximum atomic E-state index is 6.19. The first kappa shape index (κ1) is 16.3. The number of hydrogen-bond acceptors (Lipinski definition) is 2. The summed E-state index contributed by atoms with van der Waals surface area (Å²) in [4.78, 5) is 0. The van der Waals surface area contributed by atoms with E-state index in [4.69, 9.17) is 16.3 Å². The molecule has 0 heterocycles. The number of ether oxygens (including phenoxy) is 1. The van der Waals surface area contributed by atoms with Crippen molar-refractivity contribution < 1.29 is 4.74 Å². The van der Waals surface area contributed by atoms with Crippen LogP contribution in [0.2, 0.25) is 5.02 Å². The van der Waals surface area contributed by atoms with Crippen LogP contribution in [-0.4, -0.2) is 18.2 Å². The summed E-state index contributed by atoms with van der Waals surface area (Å²) in [6.45, 7) is 11.5. The third-order valence-corrected chi connectivity index (χ3v) is 3.16. The van der Waals surface area contributed by atoms with Crippen LogP contribution >= 0.6 is 11.6 Å². The van der Waals surface area contributed by atoms with Crippen molar-refractivity contribution in [2.75, 3.05) is 6.54 Å². The summed E-state index contributed by atoms with van der Waals surface area (Å²) in [5.74, 6) is 0.788. The molecule has 1 N–H and O–H groups in total. The highest BCUT2D eigenvalue weighted by atomic mass is 35.5. The van der Waals surface area contributed by atoms with Gasteiger partial charge in [0.1, 0.15) is 11.9 Å². The quantitative estimate of drug-likeness (QED) is 0.825. The fourth-order valence-corrected chi connectivity index (χ4v) is 1.99. The van der Waals surface area contributed by atoms with E-state index in [1.165, 1.54) is 5.56 Å². The smallest absolute Gasteiger partial charge is 0.138 e. The predicted molar refractivity (Wildman–Crippen MR) is 83.3 cm³/mol. The average Bonchev–Trinajstić information content (AvgIpc) is 2.30. The van der Waals surface area contributed by atoms with Crippen LogP contribution in [0.5, 0.6) is 5.75 Å². The molecule has 1 aromatic rings. The molecule has 0 radical (unpaired) electrons. The Morgan fingerprint density at radius 2 is 2.00 bits per heavy atom. The number of rotatable bonds is 6. The minimum Gasteiger partial charge on any atom is -0.488 e. The normalized spacial score (nSPS) is 13.4. The van der Waals surface area contributed by atoms with Crippen LogP contribution in [0.1, 0.15) is 46.1 Å². The first-order valence-corrected chi connectivity index (χ1v) is 7.37. The van der Waals surface area contributed by atoms with Crippen molar-refractivity contribution in [3.05, 3.63) is 28.8 Å². The SMILES string of the molecule is CCCC(CNC(C)(C)C)Oc1cc(C)ccc1Cl. The third kappa shape index (κ3) is 6.31. The second kappa shape index (κ2) is 7.16. The van der Waals surface area contributed by atoms with E-state index >= 15 is 0 Å². The molecular weight excluding hydrogens is 258 g/mol. The molecule has 108 valence electrons. The van der Waals surface area contributed by atoms with Gasteiger partial charge < -0.3 is 10.1 Å². The van der Waals surface area contributed by atoms with Crippen LogP contribution < -0.4 is 10.1 Å². The molecule has 0 aliphatic heterocycles. The fraction of sp³-hybridized carbons (Fsp3) is 0.625. The zero-order chi connectivity index (χ0) is 14.5. The zero-order valence-corrected chi connectivity index (χ0v) is 13.5. The van der Waals surface area contributed by atoms with Gasteiger partial charge >= 0.3 is 0 Å². The summed E-state index contributed by atoms with van der Waals surface area (Å²) in [5, 5.41) is 4.18. The van der Waals surface area contributed by atoms with Gasteiger partial charge in [0, 0.05) is 12.1 Å². The lowest BCUT2D eigenvalue weighted by Gasteiger charge is -2.26. The monoisotopic (exact) mass is 283 g/mol. The molecule has 0 spiro atoms. The van der Waals surface area contributed by atoms with Crippen LogP contribution in [0.4, 0.5) is 0 Å². The van der Waals surface area contributed by atoms with Crippen molar-refractivity contribution in [3.8, 4) is 5.75 Å². The molecule has 2 nitrogen and oxygen atoms in total. The van der Waals surface area contributed by atoms with Crippen molar-refractivity contribution in [2.24, 2.45) is 0 Å². The second-order valence-electron chi connectivity index (χ2n) is 6.09. The zero-order valence-electron chi connectivity index (χ0n) is 12.7. The van der Waals surface area contributed by atoms with Crippen LogP contribution in [-0.2, 0) is 0 Å². The van der Waals surface area contributed by atoms with E-state index in [0.717, 1.165) is 25.1 Å². The van der Waals surface area contributed by atoms with Gasteiger partial charge in [-0.05, 0) is 51.8 Å². The van der Waals surface area contributed by atoms with Crippen molar-refractivity contribution in [2.45, 2.75) is 59.1 Å². The van der Waals surface area contributed by atoms with Gasteiger partial charge in [0.05, 0.1) is 5.02 Å². The van der Waals surface area contributed by atoms with Crippen LogP contribution in [0, 0.1) is 6.92 Å². The highest BCUT2D eigenvalue weighted by molar-refractivity contribution is 6.32. The Bertz CT molecular complexity index is 398. The molecule has 19 heavy (non-hydrogen) atoms. The average molecular weight is 284 g/mol. The Balaban J connectivity index is 2.69. The maximum absolute atomic E-state index is 6.19. The first-order valence-electron chi connectivity index (χ1n) is 6.99. The van der Waals surface area contributed by atoms with Crippen molar-refractivity contribution in [1.29, 1.82) is 0 Å². The highest BCUT2D eigenvalue weighted by Gasteiger charge is 2.16. The summed E-state index contributed by atoms with van der Waals surface area (Å²) in [7, 11) is 0. The predicted octanol–water partition coefficient (Wildman–Crippen LogP) is 4.58. The van der Waals surface area contributed by atoms with Gasteiger partial charge in [-0.1, -0.05) is 31.0 Å². The number of benzene rings is 1. The second-order valence-corrected chi connectivity index (χ2v) is 6.50. The Labute approximate surface area is 122 Å². The van der Waals surface area contributed by atoms with Gasteiger partial charge in [-0.15, -0.1) is 0 Å². The molecule has 1 rings (SSSR count). The van der Waals surface area contributed by atoms with Gasteiger partial charge in [0.2, 0.25) is 0 Å². The molecule has 1 unspecified atom stereocenters. The molecule has 0 aliphatic carbocycles. The standard InChI is InChI=1S/C16H26ClNO/c1-6-7-13(11-18-16(3,4)5)19-15-10-12(2)8-9-14(15)17/h8-10,13,18H,6-7,11H2,1-5H3. The Morgan fingerprint density at radius 3 is 2.58 bits per heavy atom. The van der Waals surface area contributed by atoms with Crippen molar-refractivity contribution >= 4 is 11.6 Å². The molecule has 0 amide bonds. The number of halogens is 1. The topological polar surface area (TPSA) is 21.3 Å². The molecule has 0 fully saturated rings. The minimum absolute atomic E-state index is 0.103. The summed E-state index contributed by atoms with van der Waals surface area (Å²) in [6.07, 6.45) is 2.27. The van der Waals surface area contributed by atoms with Gasteiger partial charge in [-0.3, -0.25) is 0 Å². The Morgan fingerprint density at radius 1 is 1.32 bits per heavy atom. The van der Waals surface area contributed by atoms with Crippen LogP contribution in [0.3, 0.4) is 0 Å². The molecule has 0 bridgehead atoms. The van der Waals surface area contributed by atoms with Gasteiger partial charge in [0.15, 0.2) is 0 Å². The Kier molecular flexibility index (Phi) is 6.15. The van der Waals surface area contributed by atoms with E-state index in [0.29, 0.717) is 5.02 Å². The van der Waals surface area contributed by atoms with Gasteiger partial charge in [-0.25, -0.2) is 0 Å². The largest absolute Gasteiger partial charge is 0.488 e. The van der Waals surface area contributed by atoms with Gasteiger partial charge in [-0.2, -0.15) is 0 Å². The molecular formula is C16H26ClNO. The van der Waals surface area contributed by atoms with Crippen LogP contribution in [0.25, 0.3) is 0 Å². The minimum atomic E-state index is 0.103. The molecule has 0 saturated carbocycles. The number of aryl methyl sites for hydroxylation is 1. The molecule has 0 saturated heterocycles. The summed E-state index contributed by atoms with van der Waals surface area (Å²) in [6, 6.07) is 5.89. The maximum Gasteiger partial charge on any atom is 0.138 e. The van der Waals surface area contributed by atoms with E-state index in [2.05, 4.69) is 33.0 Å². The lowest BCUT2D eigenvalue weighted by atomic mass is 10.1. The summed E-state index contributed by atoms with van der Waals surface area (Å²) >= 11 is 6.19. The lowest BCUT2D eigenvalue weighted by molar-refractivity contribution is 0.175.